The molecule has 168 valence electrons. The summed E-state index contributed by atoms with van der Waals surface area (Å²) < 4.78 is 60.6. The summed E-state index contributed by atoms with van der Waals surface area (Å²) in [4.78, 5) is 20.2. The van der Waals surface area contributed by atoms with E-state index >= 15 is 0 Å². The van der Waals surface area contributed by atoms with Gasteiger partial charge in [0.05, 0.1) is 16.5 Å². The Bertz CT molecular complexity index is 1020. The zero-order chi connectivity index (χ0) is 22.8. The molecule has 3 N–H and O–H groups in total. The number of piperazine rings is 1. The van der Waals surface area contributed by atoms with Gasteiger partial charge in [-0.25, -0.2) is 18.5 Å². The van der Waals surface area contributed by atoms with Crippen molar-refractivity contribution in [2.45, 2.75) is 24.0 Å². The highest BCUT2D eigenvalue weighted by molar-refractivity contribution is 7.89. The Morgan fingerprint density at radius 1 is 1.10 bits per heavy atom. The Morgan fingerprint density at radius 3 is 2.19 bits per heavy atom. The molecule has 1 aromatic carbocycles. The van der Waals surface area contributed by atoms with Crippen molar-refractivity contribution in [1.82, 2.24) is 9.88 Å². The van der Waals surface area contributed by atoms with Crippen LogP contribution in [0.4, 0.5) is 24.7 Å². The number of carbonyl (C=O) groups is 1. The second-order valence-corrected chi connectivity index (χ2v) is 8.72. The monoisotopic (exact) mass is 457 g/mol. The van der Waals surface area contributed by atoms with E-state index in [9.17, 15) is 26.4 Å². The fraction of sp³-hybridized carbons (Fsp3) is 0.368. The number of hydrogen-bond donors (Lipinski definition) is 2. The molecule has 0 radical (unpaired) electrons. The molecule has 3 rings (SSSR count). The quantitative estimate of drug-likeness (QED) is 0.710. The number of halogens is 3. The Kier molecular flexibility index (Phi) is 6.53. The first-order valence-corrected chi connectivity index (χ1v) is 11.0. The Labute approximate surface area is 177 Å². The predicted octanol–water partition coefficient (Wildman–Crippen LogP) is 1.90. The number of amides is 1. The van der Waals surface area contributed by atoms with Gasteiger partial charge in [0.25, 0.3) is 0 Å². The first kappa shape index (κ1) is 23.0. The van der Waals surface area contributed by atoms with Gasteiger partial charge in [-0.2, -0.15) is 13.2 Å². The van der Waals surface area contributed by atoms with Gasteiger partial charge < -0.3 is 10.2 Å². The van der Waals surface area contributed by atoms with Gasteiger partial charge >= 0.3 is 6.18 Å². The minimum absolute atomic E-state index is 0.0495. The van der Waals surface area contributed by atoms with E-state index in [1.807, 2.05) is 9.80 Å². The van der Waals surface area contributed by atoms with E-state index < -0.39 is 27.8 Å². The lowest BCUT2D eigenvalue weighted by molar-refractivity contribution is -0.137. The summed E-state index contributed by atoms with van der Waals surface area (Å²) in [7, 11) is -3.81. The van der Waals surface area contributed by atoms with Crippen molar-refractivity contribution in [3.05, 3.63) is 48.2 Å². The van der Waals surface area contributed by atoms with Crippen molar-refractivity contribution in [2.24, 2.45) is 5.14 Å². The van der Waals surface area contributed by atoms with E-state index in [4.69, 9.17) is 5.14 Å². The van der Waals surface area contributed by atoms with Crippen molar-refractivity contribution in [1.29, 1.82) is 0 Å². The largest absolute Gasteiger partial charge is 0.417 e. The molecule has 31 heavy (non-hydrogen) atoms. The Hall–Kier alpha value is -2.70. The summed E-state index contributed by atoms with van der Waals surface area (Å²) in [6, 6.07) is 7.43. The summed E-state index contributed by atoms with van der Waals surface area (Å²) in [5, 5.41) is 7.79. The Morgan fingerprint density at radius 2 is 1.71 bits per heavy atom. The van der Waals surface area contributed by atoms with Crippen LogP contribution in [-0.4, -0.2) is 56.4 Å². The van der Waals surface area contributed by atoms with Gasteiger partial charge in [-0.15, -0.1) is 0 Å². The first-order valence-electron chi connectivity index (χ1n) is 9.41. The van der Waals surface area contributed by atoms with Gasteiger partial charge in [-0.3, -0.25) is 9.69 Å². The number of nitrogens with one attached hydrogen (secondary N) is 1. The van der Waals surface area contributed by atoms with Crippen LogP contribution in [0.2, 0.25) is 0 Å². The van der Waals surface area contributed by atoms with Crippen LogP contribution in [0.1, 0.15) is 12.5 Å². The highest BCUT2D eigenvalue weighted by Gasteiger charge is 2.31. The fourth-order valence-electron chi connectivity index (χ4n) is 3.22. The van der Waals surface area contributed by atoms with Crippen LogP contribution in [0.5, 0.6) is 0 Å². The third kappa shape index (κ3) is 5.71. The molecule has 1 saturated heterocycles. The van der Waals surface area contributed by atoms with Crippen LogP contribution in [0.25, 0.3) is 0 Å². The maximum atomic E-state index is 12.7. The number of hydrogen-bond acceptors (Lipinski definition) is 6. The maximum absolute atomic E-state index is 12.7. The maximum Gasteiger partial charge on any atom is 0.417 e. The van der Waals surface area contributed by atoms with Crippen LogP contribution in [-0.2, 0) is 21.0 Å². The number of pyridine rings is 1. The number of nitrogens with two attached hydrogens (primary N) is 1. The Balaban J connectivity index is 1.54. The topological polar surface area (TPSA) is 109 Å². The van der Waals surface area contributed by atoms with E-state index in [0.717, 1.165) is 12.3 Å². The molecule has 0 saturated carbocycles. The SMILES string of the molecule is C[C@@H](C(=O)Nc1ccc(S(N)(=O)=O)cc1)N1CCN(c2ccc(C(F)(F)F)cn2)CC1. The lowest BCUT2D eigenvalue weighted by Crippen LogP contribution is -2.53. The molecular formula is C19H22F3N5O3S. The highest BCUT2D eigenvalue weighted by atomic mass is 32.2. The van der Waals surface area contributed by atoms with E-state index in [1.165, 1.54) is 30.3 Å². The van der Waals surface area contributed by atoms with Crippen LogP contribution in [0.3, 0.4) is 0 Å². The molecule has 12 heteroatoms. The number of primary sulfonamides is 1. The summed E-state index contributed by atoms with van der Waals surface area (Å²) in [6.07, 6.45) is -3.61. The molecule has 1 aliphatic heterocycles. The van der Waals surface area contributed by atoms with E-state index in [-0.39, 0.29) is 10.8 Å². The molecule has 0 bridgehead atoms. The van der Waals surface area contributed by atoms with Crippen LogP contribution < -0.4 is 15.4 Å². The van der Waals surface area contributed by atoms with Gasteiger partial charge in [0.15, 0.2) is 0 Å². The summed E-state index contributed by atoms with van der Waals surface area (Å²) in [5.41, 5.74) is -0.353. The molecule has 1 aromatic heterocycles. The zero-order valence-corrected chi connectivity index (χ0v) is 17.4. The molecule has 0 spiro atoms. The second-order valence-electron chi connectivity index (χ2n) is 7.16. The zero-order valence-electron chi connectivity index (χ0n) is 16.6. The number of alkyl halides is 3. The standard InChI is InChI=1S/C19H22F3N5O3S/c1-13(18(28)25-15-3-5-16(6-4-15)31(23,29)30)26-8-10-27(11-9-26)17-7-2-14(12-24-17)19(20,21)22/h2-7,12-13H,8-11H2,1H3,(H,25,28)(H2,23,29,30)/t13-/m0/s1. The molecule has 8 nitrogen and oxygen atoms in total. The normalized spacial score (nSPS) is 16.7. The smallest absolute Gasteiger partial charge is 0.354 e. The van der Waals surface area contributed by atoms with Crippen LogP contribution >= 0.6 is 0 Å². The number of carbonyl (C=O) groups excluding carboxylic acids is 1. The van der Waals surface area contributed by atoms with Crippen molar-refractivity contribution in [3.8, 4) is 0 Å². The second kappa shape index (κ2) is 8.81. The molecule has 2 aromatic rings. The van der Waals surface area contributed by atoms with Gasteiger partial charge in [0.1, 0.15) is 5.82 Å². The summed E-state index contributed by atoms with van der Waals surface area (Å²) >= 11 is 0. The molecule has 1 fully saturated rings. The average Bonchev–Trinajstić information content (AvgIpc) is 2.72. The van der Waals surface area contributed by atoms with E-state index in [0.29, 0.717) is 37.7 Å². The number of aromatic nitrogens is 1. The fourth-order valence-corrected chi connectivity index (χ4v) is 3.74. The third-order valence-electron chi connectivity index (χ3n) is 5.09. The summed E-state index contributed by atoms with van der Waals surface area (Å²) in [5.74, 6) is 0.198. The first-order chi connectivity index (χ1) is 14.4. The predicted molar refractivity (Wildman–Crippen MR) is 109 cm³/mol. The third-order valence-corrected chi connectivity index (χ3v) is 6.02. The van der Waals surface area contributed by atoms with Gasteiger partial charge in [-0.1, -0.05) is 0 Å². The summed E-state index contributed by atoms with van der Waals surface area (Å²) in [6.45, 7) is 3.83. The van der Waals surface area contributed by atoms with Gasteiger partial charge in [-0.05, 0) is 43.3 Å². The molecular weight excluding hydrogens is 435 g/mol. The van der Waals surface area contributed by atoms with Crippen LogP contribution in [0, 0.1) is 0 Å². The lowest BCUT2D eigenvalue weighted by Gasteiger charge is -2.38. The molecule has 1 atom stereocenters. The number of sulfonamides is 1. The van der Waals surface area contributed by atoms with E-state index in [2.05, 4.69) is 10.3 Å². The van der Waals surface area contributed by atoms with Crippen molar-refractivity contribution in [2.75, 3.05) is 36.4 Å². The number of anilines is 2. The van der Waals surface area contributed by atoms with Gasteiger partial charge in [0.2, 0.25) is 15.9 Å². The molecule has 0 aliphatic carbocycles. The highest BCUT2D eigenvalue weighted by Crippen LogP contribution is 2.29. The van der Waals surface area contributed by atoms with Crippen molar-refractivity contribution < 1.29 is 26.4 Å². The molecule has 0 unspecified atom stereocenters. The minimum Gasteiger partial charge on any atom is -0.354 e. The molecule has 2 heterocycles. The van der Waals surface area contributed by atoms with Crippen molar-refractivity contribution >= 4 is 27.4 Å². The number of nitrogens with zero attached hydrogens (tertiary/aromatic N) is 3. The molecule has 1 amide bonds. The minimum atomic E-state index is -4.42. The number of rotatable bonds is 5. The molecule has 1 aliphatic rings. The van der Waals surface area contributed by atoms with Gasteiger partial charge in [0, 0.05) is 38.1 Å². The average molecular weight is 457 g/mol. The van der Waals surface area contributed by atoms with E-state index in [1.54, 1.807) is 6.92 Å². The van der Waals surface area contributed by atoms with Crippen molar-refractivity contribution in [3.63, 3.8) is 0 Å². The van der Waals surface area contributed by atoms with Crippen LogP contribution in [0.15, 0.2) is 47.5 Å². The number of benzene rings is 1. The lowest BCUT2D eigenvalue weighted by atomic mass is 10.2.